The Morgan fingerprint density at radius 2 is 1.88 bits per heavy atom. The average Bonchev–Trinajstić information content (AvgIpc) is 3.03. The van der Waals surface area contributed by atoms with Gasteiger partial charge in [0.1, 0.15) is 5.82 Å². The molecule has 0 saturated carbocycles. The first-order chi connectivity index (χ1) is 12.2. The molecule has 0 radical (unpaired) electrons. The number of benzene rings is 1. The first-order valence-corrected chi connectivity index (χ1v) is 7.99. The van der Waals surface area contributed by atoms with Gasteiger partial charge >= 0.3 is 12.1 Å². The summed E-state index contributed by atoms with van der Waals surface area (Å²) in [6, 6.07) is 5.52. The molecule has 1 unspecified atom stereocenters. The van der Waals surface area contributed by atoms with Crippen molar-refractivity contribution in [1.82, 2.24) is 14.9 Å². The minimum Gasteiger partial charge on any atom is -0.478 e. The molecule has 1 aliphatic heterocycles. The van der Waals surface area contributed by atoms with Gasteiger partial charge in [-0.25, -0.2) is 9.78 Å². The van der Waals surface area contributed by atoms with Gasteiger partial charge in [-0.15, -0.1) is 0 Å². The molecule has 0 aliphatic carbocycles. The number of hydrogen-bond acceptors (Lipinski definition) is 3. The Hall–Kier alpha value is -2.84. The van der Waals surface area contributed by atoms with Crippen molar-refractivity contribution in [1.29, 1.82) is 0 Å². The third-order valence-electron chi connectivity index (χ3n) is 4.33. The van der Waals surface area contributed by atoms with E-state index < -0.39 is 17.8 Å². The van der Waals surface area contributed by atoms with E-state index in [0.717, 1.165) is 6.20 Å². The van der Waals surface area contributed by atoms with E-state index in [-0.39, 0.29) is 17.4 Å². The molecular weight excluding hydrogens is 351 g/mol. The Bertz CT molecular complexity index is 828. The second kappa shape index (κ2) is 6.81. The predicted octanol–water partition coefficient (Wildman–Crippen LogP) is 2.59. The topological polar surface area (TPSA) is 84.2 Å². The minimum atomic E-state index is -4.46. The lowest BCUT2D eigenvalue weighted by Gasteiger charge is -2.23. The number of carbonyl (C=O) groups excluding carboxylic acids is 1. The van der Waals surface area contributed by atoms with Gasteiger partial charge in [0.25, 0.3) is 5.91 Å². The van der Waals surface area contributed by atoms with E-state index in [4.69, 9.17) is 5.11 Å². The first-order valence-electron chi connectivity index (χ1n) is 7.99. The third kappa shape index (κ3) is 3.87. The van der Waals surface area contributed by atoms with Crippen molar-refractivity contribution >= 4 is 11.9 Å². The molecule has 9 heteroatoms. The lowest BCUT2D eigenvalue weighted by Crippen LogP contribution is -2.33. The van der Waals surface area contributed by atoms with E-state index in [1.54, 1.807) is 0 Å². The number of rotatable bonds is 4. The molecule has 1 aromatic heterocycles. The molecule has 138 valence electrons. The van der Waals surface area contributed by atoms with Crippen LogP contribution < -0.4 is 5.32 Å². The zero-order valence-electron chi connectivity index (χ0n) is 13.6. The monoisotopic (exact) mass is 367 g/mol. The summed E-state index contributed by atoms with van der Waals surface area (Å²) >= 11 is 0. The second-order valence-corrected chi connectivity index (χ2v) is 6.19. The van der Waals surface area contributed by atoms with Crippen LogP contribution in [0.5, 0.6) is 0 Å². The Labute approximate surface area is 146 Å². The van der Waals surface area contributed by atoms with Crippen molar-refractivity contribution in [3.63, 3.8) is 0 Å². The molecule has 1 atom stereocenters. The van der Waals surface area contributed by atoms with Crippen LogP contribution in [0.25, 0.3) is 0 Å². The third-order valence-corrected chi connectivity index (χ3v) is 4.33. The summed E-state index contributed by atoms with van der Waals surface area (Å²) in [6.45, 7) is 0.676. The molecule has 1 amide bonds. The van der Waals surface area contributed by atoms with Gasteiger partial charge in [0.15, 0.2) is 5.69 Å². The van der Waals surface area contributed by atoms with Gasteiger partial charge in [-0.3, -0.25) is 4.79 Å². The molecule has 6 nitrogen and oxygen atoms in total. The van der Waals surface area contributed by atoms with Crippen LogP contribution >= 0.6 is 0 Å². The van der Waals surface area contributed by atoms with E-state index in [2.05, 4.69) is 10.3 Å². The number of aromatic nitrogens is 2. The van der Waals surface area contributed by atoms with Crippen molar-refractivity contribution in [3.05, 3.63) is 53.1 Å². The molecule has 3 rings (SSSR count). The summed E-state index contributed by atoms with van der Waals surface area (Å²) in [5, 5.41) is 11.6. The van der Waals surface area contributed by atoms with E-state index in [9.17, 15) is 22.8 Å². The van der Waals surface area contributed by atoms with Crippen LogP contribution in [0.4, 0.5) is 13.2 Å². The summed E-state index contributed by atoms with van der Waals surface area (Å²) in [4.78, 5) is 26.5. The average molecular weight is 367 g/mol. The number of carboxylic acid groups (broad SMARTS) is 1. The normalized spacial score (nSPS) is 16.8. The van der Waals surface area contributed by atoms with Crippen LogP contribution in [-0.2, 0) is 19.1 Å². The number of aryl methyl sites for hydroxylation is 1. The number of hydrogen-bond donors (Lipinski definition) is 2. The molecule has 2 heterocycles. The van der Waals surface area contributed by atoms with Crippen LogP contribution in [0.1, 0.15) is 38.7 Å². The number of amides is 1. The van der Waals surface area contributed by atoms with E-state index in [1.807, 2.05) is 0 Å². The highest BCUT2D eigenvalue weighted by molar-refractivity contribution is 5.95. The minimum absolute atomic E-state index is 0.0000245. The van der Waals surface area contributed by atoms with Gasteiger partial charge in [-0.2, -0.15) is 13.2 Å². The zero-order chi connectivity index (χ0) is 18.9. The lowest BCUT2D eigenvalue weighted by molar-refractivity contribution is -0.141. The fraction of sp³-hybridized carbons (Fsp3) is 0.353. The van der Waals surface area contributed by atoms with Crippen LogP contribution in [0.2, 0.25) is 0 Å². The maximum atomic E-state index is 12.7. The molecule has 1 aromatic carbocycles. The summed E-state index contributed by atoms with van der Waals surface area (Å²) < 4.78 is 39.7. The molecule has 2 aromatic rings. The number of nitrogens with one attached hydrogen (secondary N) is 1. The predicted molar refractivity (Wildman–Crippen MR) is 84.8 cm³/mol. The van der Waals surface area contributed by atoms with Gasteiger partial charge in [0.2, 0.25) is 0 Å². The SMILES string of the molecule is O=C(O)c1ccc(C(=O)NCC2CCc3nc(C(F)(F)F)cn3C2)cc1. The maximum absolute atomic E-state index is 12.7. The van der Waals surface area contributed by atoms with Gasteiger partial charge in [-0.1, -0.05) is 0 Å². The molecule has 2 N–H and O–H groups in total. The highest BCUT2D eigenvalue weighted by Crippen LogP contribution is 2.30. The summed E-state index contributed by atoms with van der Waals surface area (Å²) in [5.41, 5.74) is -0.480. The number of aromatic carboxylic acids is 1. The van der Waals surface area contributed by atoms with Crippen molar-refractivity contribution in [2.24, 2.45) is 5.92 Å². The van der Waals surface area contributed by atoms with Gasteiger partial charge in [0, 0.05) is 31.3 Å². The fourth-order valence-corrected chi connectivity index (χ4v) is 2.92. The highest BCUT2D eigenvalue weighted by Gasteiger charge is 2.35. The van der Waals surface area contributed by atoms with Crippen LogP contribution in [-0.4, -0.2) is 33.1 Å². The number of nitrogens with zero attached hydrogens (tertiary/aromatic N) is 2. The number of halogens is 3. The van der Waals surface area contributed by atoms with Crippen LogP contribution in [0.3, 0.4) is 0 Å². The summed E-state index contributed by atoms with van der Waals surface area (Å²) in [6.07, 6.45) is -2.40. The molecule has 0 fully saturated rings. The Balaban J connectivity index is 1.58. The molecule has 0 spiro atoms. The number of fused-ring (bicyclic) bond motifs is 1. The van der Waals surface area contributed by atoms with Crippen molar-refractivity contribution < 1.29 is 27.9 Å². The lowest BCUT2D eigenvalue weighted by atomic mass is 9.99. The quantitative estimate of drug-likeness (QED) is 0.870. The Morgan fingerprint density at radius 1 is 1.23 bits per heavy atom. The van der Waals surface area contributed by atoms with Gasteiger partial charge < -0.3 is 15.0 Å². The molecule has 1 aliphatic rings. The highest BCUT2D eigenvalue weighted by atomic mass is 19.4. The van der Waals surface area contributed by atoms with Crippen LogP contribution in [0.15, 0.2) is 30.5 Å². The standard InChI is InChI=1S/C17H16F3N3O3/c18-17(19,20)13-9-23-8-10(1-6-14(23)22-13)7-21-15(24)11-2-4-12(5-3-11)16(25)26/h2-5,9-10H,1,6-8H2,(H,21,24)(H,25,26). The molecular formula is C17H16F3N3O3. The van der Waals surface area contributed by atoms with Crippen LogP contribution in [0, 0.1) is 5.92 Å². The van der Waals surface area contributed by atoms with E-state index in [1.165, 1.54) is 28.8 Å². The molecule has 0 bridgehead atoms. The van der Waals surface area contributed by atoms with Gasteiger partial charge in [-0.05, 0) is 36.6 Å². The fourth-order valence-electron chi connectivity index (χ4n) is 2.92. The number of imidazole rings is 1. The van der Waals surface area contributed by atoms with E-state index >= 15 is 0 Å². The van der Waals surface area contributed by atoms with Gasteiger partial charge in [0.05, 0.1) is 5.56 Å². The smallest absolute Gasteiger partial charge is 0.434 e. The molecule has 0 saturated heterocycles. The number of carboxylic acids is 1. The molecule has 26 heavy (non-hydrogen) atoms. The Morgan fingerprint density at radius 3 is 2.50 bits per heavy atom. The largest absolute Gasteiger partial charge is 0.478 e. The van der Waals surface area contributed by atoms with Crippen molar-refractivity contribution in [2.75, 3.05) is 6.54 Å². The maximum Gasteiger partial charge on any atom is 0.434 e. The Kier molecular flexibility index (Phi) is 4.71. The van der Waals surface area contributed by atoms with Crippen molar-refractivity contribution in [3.8, 4) is 0 Å². The number of carbonyl (C=O) groups is 2. The summed E-state index contributed by atoms with van der Waals surface area (Å²) in [5.74, 6) is -1.02. The van der Waals surface area contributed by atoms with E-state index in [0.29, 0.717) is 37.3 Å². The van der Waals surface area contributed by atoms with Crippen molar-refractivity contribution in [2.45, 2.75) is 25.6 Å². The summed E-state index contributed by atoms with van der Waals surface area (Å²) in [7, 11) is 0. The number of alkyl halides is 3. The zero-order valence-corrected chi connectivity index (χ0v) is 13.6. The first kappa shape index (κ1) is 18.0. The second-order valence-electron chi connectivity index (χ2n) is 6.19.